The minimum atomic E-state index is -0.0827. The Hall–Kier alpha value is -18.7. The molecule has 4 aliphatic heterocycles. The van der Waals surface area contributed by atoms with E-state index in [1.165, 1.54) is 90.0 Å². The number of aromatic nitrogens is 4. The maximum absolute atomic E-state index is 9.44. The molecule has 0 aliphatic carbocycles. The van der Waals surface area contributed by atoms with E-state index in [1.54, 1.807) is 30.9 Å². The maximum Gasteiger partial charge on any atom is 0.141 e. The molecule has 8 heterocycles. The van der Waals surface area contributed by atoms with Gasteiger partial charge in [0.2, 0.25) is 0 Å². The van der Waals surface area contributed by atoms with Crippen molar-refractivity contribution in [2.75, 3.05) is 19.6 Å². The van der Waals surface area contributed by atoms with E-state index in [9.17, 15) is 10.5 Å². The molecule has 0 bridgehead atoms. The SMILES string of the molecule is CC1(C)c2ccccc2N(c2cccc(-c3ccc(-c4ccnc(C#N)c4)cc3)c2)c2ccccc21.CC1(C)c2ccccc2N(c2cccc(-c3ccc(-c4ccncc4C#N)cc3)c2)c2ccccc21.CC1(C)c2ccccc2N(c2cccc(-c3cccc(-c4ccc(C#N)cn4)c3)c2)c2ccccc21.CC1(C)c2ccccc2N(c2cccc(-c3cccc(-c4cccc(C#N)n4)c3)c2)c2ccccc21. The summed E-state index contributed by atoms with van der Waals surface area (Å²) in [6, 6.07) is 162. The molecule has 0 unspecified atom stereocenters. The summed E-state index contributed by atoms with van der Waals surface area (Å²) in [4.78, 5) is 26.6. The number of hydrogen-bond acceptors (Lipinski definition) is 12. The first-order valence-corrected chi connectivity index (χ1v) is 48.5. The molecule has 0 saturated carbocycles. The van der Waals surface area contributed by atoms with Gasteiger partial charge >= 0.3 is 0 Å². The van der Waals surface area contributed by atoms with Gasteiger partial charge in [-0.15, -0.1) is 0 Å². The number of nitriles is 4. The second-order valence-electron chi connectivity index (χ2n) is 38.6. The van der Waals surface area contributed by atoms with Crippen LogP contribution in [0.15, 0.2) is 462 Å². The highest BCUT2D eigenvalue weighted by atomic mass is 15.2. The van der Waals surface area contributed by atoms with Crippen molar-refractivity contribution in [1.82, 2.24) is 19.9 Å². The van der Waals surface area contributed by atoms with Crippen LogP contribution in [0.25, 0.3) is 89.3 Å². The standard InChI is InChI=1S/4C33H25N3/c1-33(2)28-15-3-5-18-31(28)36(32-19-6-4-16-29(32)33)27-14-8-11-24(21-27)23-10-7-12-25(20-23)30-17-9-13-26(22-34)35-30;1-33(2)28-13-3-5-15-31(28)36(32-16-6-4-14-29(32)33)27-12-8-10-25(20-27)24-9-7-11-26(19-24)30-18-17-23(21-34)22-35-30;1-33(2)29-10-3-5-12-31(29)36(32-13-6-4-11-30(32)33)28-9-7-8-25(21-28)23-14-16-24(17-15-23)26-18-19-35-27(20-26)22-34;1-33(2)29-10-3-5-12-31(29)36(32-13-6-4-11-30(32)33)27-9-7-8-25(20-27)23-14-16-24(17-15-23)28-18-19-35-22-26(28)21-34/h3-21H,1-2H3;3-20,22H,1-2H3;3-21H,1-2H3;3-20,22H,1-2H3. The minimum absolute atomic E-state index is 0.0739. The van der Waals surface area contributed by atoms with Crippen molar-refractivity contribution < 1.29 is 0 Å². The second kappa shape index (κ2) is 38.6. The number of anilines is 12. The highest BCUT2D eigenvalue weighted by Crippen LogP contribution is 2.58. The van der Waals surface area contributed by atoms with Crippen LogP contribution in [0.1, 0.15) is 122 Å². The van der Waals surface area contributed by atoms with Gasteiger partial charge in [0.25, 0.3) is 0 Å². The number of nitrogens with zero attached hydrogens (tertiary/aromatic N) is 12. The van der Waals surface area contributed by atoms with Crippen LogP contribution >= 0.6 is 0 Å². The lowest BCUT2D eigenvalue weighted by Crippen LogP contribution is -2.30. The first kappa shape index (κ1) is 91.7. The van der Waals surface area contributed by atoms with Crippen LogP contribution < -0.4 is 19.6 Å². The number of benzene rings is 16. The number of pyridine rings is 4. The second-order valence-corrected chi connectivity index (χ2v) is 38.6. The molecule has 144 heavy (non-hydrogen) atoms. The van der Waals surface area contributed by atoms with Crippen LogP contribution in [0.3, 0.4) is 0 Å². The summed E-state index contributed by atoms with van der Waals surface area (Å²) in [6.45, 7) is 18.5. The Morgan fingerprint density at radius 2 is 0.507 bits per heavy atom. The van der Waals surface area contributed by atoms with Crippen molar-refractivity contribution in [3.63, 3.8) is 0 Å². The summed E-state index contributed by atoms with van der Waals surface area (Å²) in [5, 5.41) is 36.9. The lowest BCUT2D eigenvalue weighted by Gasteiger charge is -2.42. The van der Waals surface area contributed by atoms with Crippen LogP contribution in [0.2, 0.25) is 0 Å². The summed E-state index contributed by atoms with van der Waals surface area (Å²) in [5.41, 5.74) is 43.2. The topological polar surface area (TPSA) is 160 Å². The first-order valence-electron chi connectivity index (χ1n) is 48.5. The van der Waals surface area contributed by atoms with Crippen LogP contribution in [0.4, 0.5) is 68.2 Å². The molecule has 4 aromatic heterocycles. The number of hydrogen-bond donors (Lipinski definition) is 0. The zero-order valence-corrected chi connectivity index (χ0v) is 81.2. The Bertz CT molecular complexity index is 8300. The van der Waals surface area contributed by atoms with Crippen LogP contribution in [0, 0.1) is 45.3 Å². The van der Waals surface area contributed by atoms with Crippen LogP contribution in [-0.4, -0.2) is 19.9 Å². The normalized spacial score (nSPS) is 13.4. The molecule has 4 aliphatic rings. The molecule has 0 amide bonds. The average Bonchev–Trinajstić information content (AvgIpc) is 0.737. The first-order chi connectivity index (χ1) is 70.2. The lowest BCUT2D eigenvalue weighted by molar-refractivity contribution is 0.632. The quantitative estimate of drug-likeness (QED) is 0.114. The Morgan fingerprint density at radius 3 is 0.833 bits per heavy atom. The Morgan fingerprint density at radius 1 is 0.208 bits per heavy atom. The summed E-state index contributed by atoms with van der Waals surface area (Å²) in [5.74, 6) is 0. The van der Waals surface area contributed by atoms with Gasteiger partial charge in [0, 0.05) is 85.9 Å². The van der Waals surface area contributed by atoms with Crippen molar-refractivity contribution in [2.45, 2.75) is 77.0 Å². The van der Waals surface area contributed by atoms with Gasteiger partial charge in [-0.2, -0.15) is 21.0 Å². The lowest BCUT2D eigenvalue weighted by atomic mass is 9.73. The third kappa shape index (κ3) is 17.3. The largest absolute Gasteiger partial charge is 0.310 e. The van der Waals surface area contributed by atoms with Gasteiger partial charge in [0.1, 0.15) is 35.7 Å². The van der Waals surface area contributed by atoms with E-state index in [2.05, 4.69) is 495 Å². The zero-order chi connectivity index (χ0) is 98.8. The number of fused-ring (bicyclic) bond motifs is 8. The zero-order valence-electron chi connectivity index (χ0n) is 81.2. The molecule has 0 atom stereocenters. The fourth-order valence-electron chi connectivity index (χ4n) is 21.2. The Labute approximate surface area is 842 Å². The maximum atomic E-state index is 9.44. The van der Waals surface area contributed by atoms with Crippen molar-refractivity contribution in [3.8, 4) is 114 Å². The molecular weight excluding hydrogens is 1750 g/mol. The summed E-state index contributed by atoms with van der Waals surface area (Å²) in [6.07, 6.45) is 6.64. The van der Waals surface area contributed by atoms with E-state index >= 15 is 0 Å². The van der Waals surface area contributed by atoms with Crippen molar-refractivity contribution in [3.05, 3.63) is 529 Å². The molecule has 12 nitrogen and oxygen atoms in total. The third-order valence-electron chi connectivity index (χ3n) is 28.6. The predicted molar refractivity (Wildman–Crippen MR) is 587 cm³/mol. The average molecular weight is 1850 g/mol. The molecule has 688 valence electrons. The van der Waals surface area contributed by atoms with Gasteiger partial charge in [0.15, 0.2) is 0 Å². The van der Waals surface area contributed by atoms with E-state index in [-0.39, 0.29) is 21.7 Å². The highest BCUT2D eigenvalue weighted by molar-refractivity contribution is 5.94. The molecular formula is C132H100N12. The smallest absolute Gasteiger partial charge is 0.141 e. The van der Waals surface area contributed by atoms with Gasteiger partial charge in [-0.1, -0.05) is 341 Å². The minimum Gasteiger partial charge on any atom is -0.310 e. The molecule has 0 spiro atoms. The fraction of sp³-hybridized carbons (Fsp3) is 0.0909. The van der Waals surface area contributed by atoms with Crippen LogP contribution in [-0.2, 0) is 21.7 Å². The van der Waals surface area contributed by atoms with Crippen LogP contribution in [0.5, 0.6) is 0 Å². The van der Waals surface area contributed by atoms with E-state index in [0.717, 1.165) is 112 Å². The fourth-order valence-corrected chi connectivity index (χ4v) is 21.2. The molecule has 0 fully saturated rings. The Balaban J connectivity index is 0.000000113. The molecule has 12 heteroatoms. The molecule has 0 saturated heterocycles. The van der Waals surface area contributed by atoms with E-state index in [1.807, 2.05) is 54.6 Å². The molecule has 16 aromatic carbocycles. The van der Waals surface area contributed by atoms with E-state index < -0.39 is 0 Å². The monoisotopic (exact) mass is 1850 g/mol. The Kier molecular flexibility index (Phi) is 24.6. The molecule has 0 N–H and O–H groups in total. The molecule has 0 radical (unpaired) electrons. The van der Waals surface area contributed by atoms with Crippen molar-refractivity contribution in [1.29, 1.82) is 21.0 Å². The number of rotatable bonds is 12. The van der Waals surface area contributed by atoms with Gasteiger partial charge in [-0.3, -0.25) is 9.97 Å². The third-order valence-corrected chi connectivity index (χ3v) is 28.6. The molecule has 24 rings (SSSR count). The van der Waals surface area contributed by atoms with Crippen molar-refractivity contribution in [2.24, 2.45) is 0 Å². The highest BCUT2D eigenvalue weighted by Gasteiger charge is 2.41. The van der Waals surface area contributed by atoms with Gasteiger partial charge in [-0.05, 0) is 257 Å². The predicted octanol–water partition coefficient (Wildman–Crippen LogP) is 33.6. The van der Waals surface area contributed by atoms with E-state index in [0.29, 0.717) is 22.5 Å². The van der Waals surface area contributed by atoms with Crippen molar-refractivity contribution >= 4 is 68.2 Å². The van der Waals surface area contributed by atoms with E-state index in [4.69, 9.17) is 10.5 Å². The summed E-state index contributed by atoms with van der Waals surface area (Å²) < 4.78 is 0. The van der Waals surface area contributed by atoms with Gasteiger partial charge in [-0.25, -0.2) is 9.97 Å². The number of para-hydroxylation sites is 8. The van der Waals surface area contributed by atoms with Gasteiger partial charge in [0.05, 0.1) is 68.0 Å². The summed E-state index contributed by atoms with van der Waals surface area (Å²) in [7, 11) is 0. The summed E-state index contributed by atoms with van der Waals surface area (Å²) >= 11 is 0. The molecule has 20 aromatic rings. The van der Waals surface area contributed by atoms with Gasteiger partial charge < -0.3 is 19.6 Å².